The van der Waals surface area contributed by atoms with E-state index in [1.807, 2.05) is 13.0 Å². The van der Waals surface area contributed by atoms with Crippen LogP contribution >= 0.6 is 11.3 Å². The van der Waals surface area contributed by atoms with E-state index in [0.717, 1.165) is 11.4 Å². The van der Waals surface area contributed by atoms with Crippen LogP contribution in [0.5, 0.6) is 0 Å². The van der Waals surface area contributed by atoms with Gasteiger partial charge >= 0.3 is 0 Å². The number of anilines is 1. The third-order valence-corrected chi connectivity index (χ3v) is 3.36. The van der Waals surface area contributed by atoms with E-state index in [4.69, 9.17) is 5.73 Å². The highest BCUT2D eigenvalue weighted by atomic mass is 32.1. The minimum atomic E-state index is -0.151. The monoisotopic (exact) mass is 274 g/mol. The van der Waals surface area contributed by atoms with E-state index in [2.05, 4.69) is 22.3 Å². The molecule has 0 aromatic carbocycles. The molecule has 0 spiro atoms. The molecule has 2 rings (SSSR count). The molecule has 2 aromatic heterocycles. The second-order valence-electron chi connectivity index (χ2n) is 3.71. The van der Waals surface area contributed by atoms with Crippen LogP contribution in [-0.4, -0.2) is 22.2 Å². The number of nitrogens with one attached hydrogen (secondary N) is 1. The zero-order valence-corrected chi connectivity index (χ0v) is 11.3. The number of aromatic nitrogens is 2. The molecule has 98 valence electrons. The Morgan fingerprint density at radius 2 is 2.42 bits per heavy atom. The lowest BCUT2D eigenvalue weighted by atomic mass is 10.4. The van der Waals surface area contributed by atoms with Gasteiger partial charge in [0.05, 0.1) is 28.2 Å². The minimum absolute atomic E-state index is 0.151. The van der Waals surface area contributed by atoms with Crippen LogP contribution in [0, 0.1) is 11.8 Å². The summed E-state index contributed by atoms with van der Waals surface area (Å²) < 4.78 is 1.75. The van der Waals surface area contributed by atoms with Gasteiger partial charge in [0.25, 0.3) is 5.91 Å². The summed E-state index contributed by atoms with van der Waals surface area (Å²) in [5.74, 6) is 5.51. The van der Waals surface area contributed by atoms with E-state index < -0.39 is 0 Å². The van der Waals surface area contributed by atoms with Gasteiger partial charge in [-0.15, -0.1) is 11.3 Å². The molecule has 0 fully saturated rings. The molecule has 0 atom stereocenters. The molecule has 0 aliphatic heterocycles. The number of rotatable bonds is 3. The molecule has 0 radical (unpaired) electrons. The van der Waals surface area contributed by atoms with Crippen LogP contribution < -0.4 is 11.1 Å². The Morgan fingerprint density at radius 3 is 3.11 bits per heavy atom. The van der Waals surface area contributed by atoms with Gasteiger partial charge in [0.15, 0.2) is 0 Å². The largest absolute Gasteiger partial charge is 0.320 e. The maximum atomic E-state index is 12.0. The maximum Gasteiger partial charge on any atom is 0.265 e. The third kappa shape index (κ3) is 3.44. The number of nitrogens with two attached hydrogens (primary N) is 1. The summed E-state index contributed by atoms with van der Waals surface area (Å²) in [5, 5.41) is 6.89. The molecule has 2 heterocycles. The minimum Gasteiger partial charge on any atom is -0.320 e. The van der Waals surface area contributed by atoms with Gasteiger partial charge in [-0.2, -0.15) is 5.10 Å². The predicted octanol–water partition coefficient (Wildman–Crippen LogP) is 1.53. The zero-order valence-electron chi connectivity index (χ0n) is 10.5. The number of nitrogens with zero attached hydrogens (tertiary/aromatic N) is 2. The van der Waals surface area contributed by atoms with Crippen LogP contribution in [0.1, 0.15) is 21.5 Å². The van der Waals surface area contributed by atoms with Crippen LogP contribution in [0.25, 0.3) is 0 Å². The maximum absolute atomic E-state index is 12.0. The van der Waals surface area contributed by atoms with Crippen molar-refractivity contribution in [3.63, 3.8) is 0 Å². The van der Waals surface area contributed by atoms with E-state index in [-0.39, 0.29) is 5.91 Å². The van der Waals surface area contributed by atoms with Crippen LogP contribution in [0.2, 0.25) is 0 Å². The van der Waals surface area contributed by atoms with Gasteiger partial charge in [-0.25, -0.2) is 0 Å². The van der Waals surface area contributed by atoms with Gasteiger partial charge in [-0.05, 0) is 19.1 Å². The molecule has 0 saturated carbocycles. The van der Waals surface area contributed by atoms with Gasteiger partial charge in [0.2, 0.25) is 0 Å². The second kappa shape index (κ2) is 6.18. The summed E-state index contributed by atoms with van der Waals surface area (Å²) >= 11 is 1.34. The van der Waals surface area contributed by atoms with Gasteiger partial charge in [-0.1, -0.05) is 11.8 Å². The van der Waals surface area contributed by atoms with Crippen LogP contribution in [-0.2, 0) is 6.54 Å². The van der Waals surface area contributed by atoms with Crippen LogP contribution in [0.4, 0.5) is 5.69 Å². The summed E-state index contributed by atoms with van der Waals surface area (Å²) in [6, 6.07) is 3.57. The van der Waals surface area contributed by atoms with E-state index in [1.165, 1.54) is 11.3 Å². The van der Waals surface area contributed by atoms with Crippen molar-refractivity contribution in [2.24, 2.45) is 5.73 Å². The topological polar surface area (TPSA) is 72.9 Å². The smallest absolute Gasteiger partial charge is 0.265 e. The summed E-state index contributed by atoms with van der Waals surface area (Å²) in [6.07, 6.45) is 3.42. The average molecular weight is 274 g/mol. The summed E-state index contributed by atoms with van der Waals surface area (Å²) in [7, 11) is 0. The van der Waals surface area contributed by atoms with Gasteiger partial charge in [0, 0.05) is 12.7 Å². The first kappa shape index (κ1) is 13.3. The fourth-order valence-electron chi connectivity index (χ4n) is 1.46. The van der Waals surface area contributed by atoms with Crippen molar-refractivity contribution in [2.75, 3.05) is 11.9 Å². The zero-order chi connectivity index (χ0) is 13.7. The number of carbonyl (C=O) groups excluding carboxylic acids is 1. The molecule has 0 saturated heterocycles. The van der Waals surface area contributed by atoms with E-state index in [1.54, 1.807) is 23.1 Å². The molecule has 3 N–H and O–H groups in total. The molecule has 6 heteroatoms. The molecule has 0 bridgehead atoms. The lowest BCUT2D eigenvalue weighted by Gasteiger charge is -1.98. The first-order valence-electron chi connectivity index (χ1n) is 5.85. The molecule has 1 amide bonds. The fourth-order valence-corrected chi connectivity index (χ4v) is 2.24. The van der Waals surface area contributed by atoms with Crippen LogP contribution in [0.3, 0.4) is 0 Å². The van der Waals surface area contributed by atoms with Crippen molar-refractivity contribution < 1.29 is 4.79 Å². The number of aryl methyl sites for hydroxylation is 1. The van der Waals surface area contributed by atoms with Crippen molar-refractivity contribution in [2.45, 2.75) is 13.5 Å². The highest BCUT2D eigenvalue weighted by Gasteiger charge is 2.09. The fraction of sp³-hybridized carbons (Fsp3) is 0.231. The van der Waals surface area contributed by atoms with Crippen molar-refractivity contribution in [1.29, 1.82) is 0 Å². The Bertz CT molecular complexity index is 632. The molecule has 19 heavy (non-hydrogen) atoms. The molecular formula is C13H14N4OS. The van der Waals surface area contributed by atoms with E-state index in [0.29, 0.717) is 17.1 Å². The Labute approximate surface area is 115 Å². The SMILES string of the molecule is CCn1cc(NC(=O)c2ccc(C#CCN)s2)cn1. The summed E-state index contributed by atoms with van der Waals surface area (Å²) in [5.41, 5.74) is 5.99. The number of hydrogen-bond acceptors (Lipinski definition) is 4. The highest BCUT2D eigenvalue weighted by molar-refractivity contribution is 7.14. The van der Waals surface area contributed by atoms with E-state index >= 15 is 0 Å². The Morgan fingerprint density at radius 1 is 1.58 bits per heavy atom. The first-order chi connectivity index (χ1) is 9.22. The van der Waals surface area contributed by atoms with Gasteiger partial charge in [0.1, 0.15) is 0 Å². The first-order valence-corrected chi connectivity index (χ1v) is 6.67. The number of carbonyl (C=O) groups is 1. The highest BCUT2D eigenvalue weighted by Crippen LogP contribution is 2.17. The Kier molecular flexibility index (Phi) is 4.34. The summed E-state index contributed by atoms with van der Waals surface area (Å²) in [4.78, 5) is 13.4. The van der Waals surface area contributed by atoms with Crippen molar-refractivity contribution in [3.8, 4) is 11.8 Å². The second-order valence-corrected chi connectivity index (χ2v) is 4.79. The molecule has 0 aliphatic carbocycles. The van der Waals surface area contributed by atoms with Crippen LogP contribution in [0.15, 0.2) is 24.5 Å². The average Bonchev–Trinajstić information content (AvgIpc) is 3.04. The van der Waals surface area contributed by atoms with Crippen molar-refractivity contribution >= 4 is 22.9 Å². The van der Waals surface area contributed by atoms with Gasteiger partial charge in [-0.3, -0.25) is 9.48 Å². The third-order valence-electron chi connectivity index (χ3n) is 2.36. The number of amides is 1. The quantitative estimate of drug-likeness (QED) is 0.834. The number of thiophene rings is 1. The molecule has 0 aliphatic rings. The molecule has 2 aromatic rings. The predicted molar refractivity (Wildman–Crippen MR) is 76.1 cm³/mol. The molecular weight excluding hydrogens is 260 g/mol. The van der Waals surface area contributed by atoms with Gasteiger partial charge < -0.3 is 11.1 Å². The molecule has 0 unspecified atom stereocenters. The normalized spacial score (nSPS) is 9.79. The molecule has 5 nitrogen and oxygen atoms in total. The standard InChI is InChI=1S/C13H14N4OS/c1-2-17-9-10(8-15-17)16-13(18)12-6-5-11(19-12)4-3-7-14/h5-6,8-9H,2,7,14H2,1H3,(H,16,18). The number of hydrogen-bond donors (Lipinski definition) is 2. The van der Waals surface area contributed by atoms with Crippen molar-refractivity contribution in [3.05, 3.63) is 34.3 Å². The Hall–Kier alpha value is -2.10. The lowest BCUT2D eigenvalue weighted by molar-refractivity contribution is 0.103. The van der Waals surface area contributed by atoms with Crippen molar-refractivity contribution in [1.82, 2.24) is 9.78 Å². The Balaban J connectivity index is 2.05. The summed E-state index contributed by atoms with van der Waals surface area (Å²) in [6.45, 7) is 3.07. The van der Waals surface area contributed by atoms with E-state index in [9.17, 15) is 4.79 Å². The lowest BCUT2D eigenvalue weighted by Crippen LogP contribution is -2.09.